The molecule has 37 heavy (non-hydrogen) atoms. The summed E-state index contributed by atoms with van der Waals surface area (Å²) in [5.74, 6) is -0.0353. The maximum Gasteiger partial charge on any atom is 0.336 e. The van der Waals surface area contributed by atoms with Crippen LogP contribution in [-0.2, 0) is 20.9 Å². The van der Waals surface area contributed by atoms with Crippen LogP contribution in [0.25, 0.3) is 0 Å². The molecule has 5 nitrogen and oxygen atoms in total. The molecule has 1 atom stereocenters. The minimum absolute atomic E-state index is 0.0774. The van der Waals surface area contributed by atoms with E-state index < -0.39 is 11.9 Å². The fourth-order valence-corrected chi connectivity index (χ4v) is 5.80. The van der Waals surface area contributed by atoms with Crippen LogP contribution in [-0.4, -0.2) is 18.4 Å². The highest BCUT2D eigenvalue weighted by Crippen LogP contribution is 2.48. The van der Waals surface area contributed by atoms with E-state index in [9.17, 15) is 9.59 Å². The summed E-state index contributed by atoms with van der Waals surface area (Å²) < 4.78 is 11.7. The molecule has 0 radical (unpaired) electrons. The summed E-state index contributed by atoms with van der Waals surface area (Å²) in [6.07, 6.45) is 1.19. The molecule has 1 aliphatic heterocycles. The van der Waals surface area contributed by atoms with Gasteiger partial charge in [-0.05, 0) is 86.9 Å². The summed E-state index contributed by atoms with van der Waals surface area (Å²) in [5.41, 5.74) is 7.64. The molecule has 0 fully saturated rings. The number of dihydropyridines is 1. The molecule has 2 aromatic rings. The molecule has 2 aliphatic rings. The lowest BCUT2D eigenvalue weighted by Gasteiger charge is -2.40. The van der Waals surface area contributed by atoms with Gasteiger partial charge in [-0.15, -0.1) is 0 Å². The number of ether oxygens (including phenoxy) is 2. The van der Waals surface area contributed by atoms with Crippen LogP contribution in [0, 0.1) is 26.2 Å². The SMILES string of the molecule is CCOC(=O)C1=C(C)NC2=C(C(=O)CC(C)(C)C2)C1c1cc(C)cc(COc2ccc(Cl)cc2C)c1C. The molecule has 1 N–H and O–H groups in total. The lowest BCUT2D eigenvalue weighted by atomic mass is 9.68. The zero-order valence-corrected chi connectivity index (χ0v) is 23.6. The molecule has 4 rings (SSSR count). The zero-order chi connectivity index (χ0) is 27.1. The minimum atomic E-state index is -0.491. The van der Waals surface area contributed by atoms with Crippen LogP contribution in [0.2, 0.25) is 5.02 Å². The summed E-state index contributed by atoms with van der Waals surface area (Å²) >= 11 is 6.11. The Labute approximate surface area is 224 Å². The molecular formula is C31H36ClNO4. The highest BCUT2D eigenvalue weighted by Gasteiger charge is 2.43. The van der Waals surface area contributed by atoms with Crippen molar-refractivity contribution in [1.29, 1.82) is 0 Å². The minimum Gasteiger partial charge on any atom is -0.489 e. The van der Waals surface area contributed by atoms with E-state index >= 15 is 0 Å². The zero-order valence-electron chi connectivity index (χ0n) is 22.8. The van der Waals surface area contributed by atoms with Crippen molar-refractivity contribution in [2.45, 2.75) is 73.8 Å². The molecule has 0 saturated heterocycles. The number of rotatable bonds is 6. The van der Waals surface area contributed by atoms with Gasteiger partial charge < -0.3 is 14.8 Å². The van der Waals surface area contributed by atoms with Crippen molar-refractivity contribution in [1.82, 2.24) is 5.32 Å². The Bertz CT molecular complexity index is 1330. The number of nitrogens with one attached hydrogen (secondary N) is 1. The largest absolute Gasteiger partial charge is 0.489 e. The number of Topliss-reactive ketones (excluding diaryl/α,β-unsaturated/α-hetero) is 1. The monoisotopic (exact) mass is 521 g/mol. The number of aryl methyl sites for hydroxylation is 2. The number of allylic oxidation sites excluding steroid dienone is 3. The van der Waals surface area contributed by atoms with Crippen molar-refractivity contribution >= 4 is 23.4 Å². The number of hydrogen-bond donors (Lipinski definition) is 1. The predicted molar refractivity (Wildman–Crippen MR) is 147 cm³/mol. The standard InChI is InChI=1S/C31H36ClNO4/c1-8-36-30(35)27-20(5)33-24-14-31(6,7)15-25(34)29(24)28(27)23-12-17(2)11-21(19(23)4)16-37-26-10-9-22(32)13-18(26)3/h9-13,28,33H,8,14-16H2,1-7H3. The summed E-state index contributed by atoms with van der Waals surface area (Å²) in [5, 5.41) is 4.07. The van der Waals surface area contributed by atoms with E-state index in [2.05, 4.69) is 31.3 Å². The van der Waals surface area contributed by atoms with E-state index in [1.807, 2.05) is 45.9 Å². The fraction of sp³-hybridized carbons (Fsp3) is 0.419. The number of halogens is 1. The Hall–Kier alpha value is -3.05. The van der Waals surface area contributed by atoms with Gasteiger partial charge in [0.05, 0.1) is 12.2 Å². The molecule has 6 heteroatoms. The van der Waals surface area contributed by atoms with Crippen LogP contribution >= 0.6 is 11.6 Å². The van der Waals surface area contributed by atoms with Crippen molar-refractivity contribution in [2.24, 2.45) is 5.41 Å². The van der Waals surface area contributed by atoms with Crippen LogP contribution in [0.4, 0.5) is 0 Å². The summed E-state index contributed by atoms with van der Waals surface area (Å²) in [6.45, 7) is 14.6. The average molecular weight is 522 g/mol. The third-order valence-electron chi connectivity index (χ3n) is 7.27. The fourth-order valence-electron chi connectivity index (χ4n) is 5.57. The van der Waals surface area contributed by atoms with Gasteiger partial charge in [0, 0.05) is 34.3 Å². The second-order valence-electron chi connectivity index (χ2n) is 11.0. The number of benzene rings is 2. The van der Waals surface area contributed by atoms with Crippen LogP contribution in [0.15, 0.2) is 52.9 Å². The van der Waals surface area contributed by atoms with Gasteiger partial charge in [-0.3, -0.25) is 4.79 Å². The van der Waals surface area contributed by atoms with E-state index in [-0.39, 0.29) is 17.8 Å². The molecule has 0 spiro atoms. The Kier molecular flexibility index (Phi) is 7.57. The molecule has 1 aliphatic carbocycles. The van der Waals surface area contributed by atoms with Crippen LogP contribution < -0.4 is 10.1 Å². The first-order chi connectivity index (χ1) is 17.4. The predicted octanol–water partition coefficient (Wildman–Crippen LogP) is 7.01. The number of carbonyl (C=O) groups is 2. The Morgan fingerprint density at radius 1 is 1.11 bits per heavy atom. The number of hydrogen-bond acceptors (Lipinski definition) is 5. The normalized spacial score (nSPS) is 18.9. The van der Waals surface area contributed by atoms with Crippen LogP contribution in [0.5, 0.6) is 5.75 Å². The van der Waals surface area contributed by atoms with E-state index in [0.717, 1.165) is 51.4 Å². The van der Waals surface area contributed by atoms with Crippen LogP contribution in [0.1, 0.15) is 74.3 Å². The second-order valence-corrected chi connectivity index (χ2v) is 11.4. The Morgan fingerprint density at radius 2 is 1.84 bits per heavy atom. The molecular weight excluding hydrogens is 486 g/mol. The topological polar surface area (TPSA) is 64.6 Å². The van der Waals surface area contributed by atoms with E-state index in [0.29, 0.717) is 29.2 Å². The Morgan fingerprint density at radius 3 is 2.51 bits per heavy atom. The van der Waals surface area contributed by atoms with Crippen molar-refractivity contribution in [3.63, 3.8) is 0 Å². The first-order valence-corrected chi connectivity index (χ1v) is 13.2. The molecule has 1 heterocycles. The second kappa shape index (κ2) is 10.4. The van der Waals surface area contributed by atoms with Crippen molar-refractivity contribution in [3.8, 4) is 5.75 Å². The first kappa shape index (κ1) is 27.0. The van der Waals surface area contributed by atoms with Gasteiger partial charge in [-0.25, -0.2) is 4.79 Å². The quantitative estimate of drug-likeness (QED) is 0.414. The van der Waals surface area contributed by atoms with Gasteiger partial charge in [0.1, 0.15) is 12.4 Å². The summed E-state index contributed by atoms with van der Waals surface area (Å²) in [6, 6.07) is 9.76. The maximum atomic E-state index is 13.6. The van der Waals surface area contributed by atoms with Gasteiger partial charge in [-0.2, -0.15) is 0 Å². The smallest absolute Gasteiger partial charge is 0.336 e. The number of carbonyl (C=O) groups excluding carboxylic acids is 2. The third kappa shape index (κ3) is 5.47. The highest BCUT2D eigenvalue weighted by molar-refractivity contribution is 6.30. The highest BCUT2D eigenvalue weighted by atomic mass is 35.5. The summed E-state index contributed by atoms with van der Waals surface area (Å²) in [7, 11) is 0. The van der Waals surface area contributed by atoms with Crippen molar-refractivity contribution in [3.05, 3.63) is 85.7 Å². The number of ketones is 1. The Balaban J connectivity index is 1.82. The van der Waals surface area contributed by atoms with E-state index in [4.69, 9.17) is 21.1 Å². The third-order valence-corrected chi connectivity index (χ3v) is 7.50. The molecule has 2 aromatic carbocycles. The number of esters is 1. The van der Waals surface area contributed by atoms with Crippen LogP contribution in [0.3, 0.4) is 0 Å². The van der Waals surface area contributed by atoms with Gasteiger partial charge in [0.15, 0.2) is 5.78 Å². The molecule has 196 valence electrons. The molecule has 0 bridgehead atoms. The first-order valence-electron chi connectivity index (χ1n) is 12.8. The maximum absolute atomic E-state index is 13.6. The average Bonchev–Trinajstić information content (AvgIpc) is 2.78. The van der Waals surface area contributed by atoms with Crippen molar-refractivity contribution < 1.29 is 19.1 Å². The van der Waals surface area contributed by atoms with Gasteiger partial charge in [0.25, 0.3) is 0 Å². The van der Waals surface area contributed by atoms with E-state index in [1.54, 1.807) is 6.92 Å². The molecule has 0 aromatic heterocycles. The van der Waals surface area contributed by atoms with Gasteiger partial charge in [-0.1, -0.05) is 43.1 Å². The van der Waals surface area contributed by atoms with E-state index in [1.165, 1.54) is 0 Å². The summed E-state index contributed by atoms with van der Waals surface area (Å²) in [4.78, 5) is 26.9. The lowest BCUT2D eigenvalue weighted by molar-refractivity contribution is -0.138. The van der Waals surface area contributed by atoms with Gasteiger partial charge >= 0.3 is 5.97 Å². The molecule has 1 unspecified atom stereocenters. The van der Waals surface area contributed by atoms with Gasteiger partial charge in [0.2, 0.25) is 0 Å². The van der Waals surface area contributed by atoms with Crippen molar-refractivity contribution in [2.75, 3.05) is 6.61 Å². The molecule has 0 amide bonds. The molecule has 0 saturated carbocycles. The lowest BCUT2D eigenvalue weighted by Crippen LogP contribution is -2.39.